The smallest absolute Gasteiger partial charge is 0.338 e. The quantitative estimate of drug-likeness (QED) is 0.692. The molecule has 0 aromatic heterocycles. The van der Waals surface area contributed by atoms with Crippen molar-refractivity contribution in [3.8, 4) is 0 Å². The predicted molar refractivity (Wildman–Crippen MR) is 59.2 cm³/mol. The molecule has 1 aromatic carbocycles. The van der Waals surface area contributed by atoms with Gasteiger partial charge in [0.15, 0.2) is 0 Å². The minimum Gasteiger partial charge on any atom is -0.462 e. The van der Waals surface area contributed by atoms with E-state index in [-0.39, 0.29) is 5.97 Å². The van der Waals surface area contributed by atoms with E-state index in [9.17, 15) is 4.79 Å². The number of hydrogen-bond donors (Lipinski definition) is 0. The van der Waals surface area contributed by atoms with Crippen molar-refractivity contribution in [2.24, 2.45) is 0 Å². The number of hydrogen-bond acceptors (Lipinski definition) is 2. The van der Waals surface area contributed by atoms with E-state index in [1.54, 1.807) is 0 Å². The van der Waals surface area contributed by atoms with Crippen molar-refractivity contribution in [2.75, 3.05) is 6.61 Å². The minimum absolute atomic E-state index is 0.190. The van der Waals surface area contributed by atoms with Crippen LogP contribution in [0.25, 0.3) is 0 Å². The molecule has 0 bridgehead atoms. The van der Waals surface area contributed by atoms with E-state index in [1.807, 2.05) is 19.9 Å². The van der Waals surface area contributed by atoms with Gasteiger partial charge < -0.3 is 4.74 Å². The number of esters is 1. The molecule has 0 saturated carbocycles. The first-order chi connectivity index (χ1) is 7.24. The molecule has 0 spiro atoms. The standard InChI is InChI=1S/C13H16O2/c1-3-15-13(14)12-8-7-10-5-4-6-11(10)9(12)2/h7-8H,3-6H2,1-2H3. The third-order valence-electron chi connectivity index (χ3n) is 3.06. The fourth-order valence-corrected chi connectivity index (χ4v) is 2.28. The van der Waals surface area contributed by atoms with Gasteiger partial charge in [-0.1, -0.05) is 6.07 Å². The summed E-state index contributed by atoms with van der Waals surface area (Å²) < 4.78 is 5.03. The monoisotopic (exact) mass is 204 g/mol. The molecule has 0 atom stereocenters. The Labute approximate surface area is 90.3 Å². The number of rotatable bonds is 2. The van der Waals surface area contributed by atoms with E-state index in [0.29, 0.717) is 6.61 Å². The predicted octanol–water partition coefficient (Wildman–Crippen LogP) is 2.66. The molecule has 1 aliphatic rings. The molecule has 1 aromatic rings. The molecule has 15 heavy (non-hydrogen) atoms. The van der Waals surface area contributed by atoms with Gasteiger partial charge in [-0.05, 0) is 55.9 Å². The van der Waals surface area contributed by atoms with Crippen LogP contribution in [0.4, 0.5) is 0 Å². The van der Waals surface area contributed by atoms with Crippen LogP contribution in [0.3, 0.4) is 0 Å². The molecule has 0 N–H and O–H groups in total. The average molecular weight is 204 g/mol. The molecule has 0 fully saturated rings. The first kappa shape index (κ1) is 10.2. The summed E-state index contributed by atoms with van der Waals surface area (Å²) in [5, 5.41) is 0. The molecule has 80 valence electrons. The molecule has 0 heterocycles. The summed E-state index contributed by atoms with van der Waals surface area (Å²) >= 11 is 0. The van der Waals surface area contributed by atoms with Gasteiger partial charge in [0.2, 0.25) is 0 Å². The van der Waals surface area contributed by atoms with Crippen LogP contribution >= 0.6 is 0 Å². The lowest BCUT2D eigenvalue weighted by molar-refractivity contribution is 0.0525. The van der Waals surface area contributed by atoms with Crippen LogP contribution in [0.15, 0.2) is 12.1 Å². The number of carbonyl (C=O) groups is 1. The van der Waals surface area contributed by atoms with E-state index < -0.39 is 0 Å². The largest absolute Gasteiger partial charge is 0.462 e. The lowest BCUT2D eigenvalue weighted by atomic mass is 9.99. The molecule has 0 saturated heterocycles. The fraction of sp³-hybridized carbons (Fsp3) is 0.462. The van der Waals surface area contributed by atoms with Crippen LogP contribution in [-0.4, -0.2) is 12.6 Å². The van der Waals surface area contributed by atoms with E-state index >= 15 is 0 Å². The number of fused-ring (bicyclic) bond motifs is 1. The highest BCUT2D eigenvalue weighted by Crippen LogP contribution is 2.27. The van der Waals surface area contributed by atoms with Gasteiger partial charge >= 0.3 is 5.97 Å². The Kier molecular flexibility index (Phi) is 2.76. The zero-order valence-corrected chi connectivity index (χ0v) is 9.30. The number of benzene rings is 1. The molecule has 0 amide bonds. The Bertz CT molecular complexity index is 394. The highest BCUT2D eigenvalue weighted by molar-refractivity contribution is 5.91. The summed E-state index contributed by atoms with van der Waals surface area (Å²) in [5.74, 6) is -0.190. The molecule has 2 rings (SSSR count). The Morgan fingerprint density at radius 1 is 1.40 bits per heavy atom. The molecular formula is C13H16O2. The van der Waals surface area contributed by atoms with E-state index in [2.05, 4.69) is 6.07 Å². The zero-order chi connectivity index (χ0) is 10.8. The van der Waals surface area contributed by atoms with E-state index in [0.717, 1.165) is 24.0 Å². The van der Waals surface area contributed by atoms with E-state index in [1.165, 1.54) is 17.5 Å². The Balaban J connectivity index is 2.38. The molecule has 0 aliphatic heterocycles. The summed E-state index contributed by atoms with van der Waals surface area (Å²) in [6.45, 7) is 4.30. The Morgan fingerprint density at radius 2 is 2.20 bits per heavy atom. The van der Waals surface area contributed by atoms with Gasteiger partial charge in [0.1, 0.15) is 0 Å². The minimum atomic E-state index is -0.190. The van der Waals surface area contributed by atoms with Crippen molar-refractivity contribution in [1.29, 1.82) is 0 Å². The van der Waals surface area contributed by atoms with Crippen molar-refractivity contribution >= 4 is 5.97 Å². The summed E-state index contributed by atoms with van der Waals surface area (Å²) in [6, 6.07) is 3.97. The Morgan fingerprint density at radius 3 is 2.93 bits per heavy atom. The first-order valence-electron chi connectivity index (χ1n) is 5.52. The maximum atomic E-state index is 11.6. The van der Waals surface area contributed by atoms with Crippen LogP contribution in [0, 0.1) is 6.92 Å². The molecular weight excluding hydrogens is 188 g/mol. The van der Waals surface area contributed by atoms with Crippen molar-refractivity contribution in [1.82, 2.24) is 0 Å². The second kappa shape index (κ2) is 4.05. The highest BCUT2D eigenvalue weighted by atomic mass is 16.5. The lowest BCUT2D eigenvalue weighted by Crippen LogP contribution is -2.08. The molecule has 0 unspecified atom stereocenters. The van der Waals surface area contributed by atoms with Gasteiger partial charge in [-0.25, -0.2) is 4.79 Å². The maximum absolute atomic E-state index is 11.6. The molecule has 0 radical (unpaired) electrons. The third-order valence-corrected chi connectivity index (χ3v) is 3.06. The third kappa shape index (κ3) is 1.76. The van der Waals surface area contributed by atoms with Gasteiger partial charge in [0.05, 0.1) is 12.2 Å². The Hall–Kier alpha value is -1.31. The second-order valence-corrected chi connectivity index (χ2v) is 3.95. The lowest BCUT2D eigenvalue weighted by Gasteiger charge is -2.09. The summed E-state index contributed by atoms with van der Waals surface area (Å²) in [5.41, 5.74) is 4.61. The van der Waals surface area contributed by atoms with Crippen LogP contribution < -0.4 is 0 Å². The van der Waals surface area contributed by atoms with Crippen molar-refractivity contribution < 1.29 is 9.53 Å². The van der Waals surface area contributed by atoms with Crippen LogP contribution in [0.2, 0.25) is 0 Å². The van der Waals surface area contributed by atoms with Crippen LogP contribution in [-0.2, 0) is 17.6 Å². The summed E-state index contributed by atoms with van der Waals surface area (Å²) in [4.78, 5) is 11.6. The number of aryl methyl sites for hydroxylation is 1. The summed E-state index contributed by atoms with van der Waals surface area (Å²) in [7, 11) is 0. The van der Waals surface area contributed by atoms with Gasteiger partial charge in [0, 0.05) is 0 Å². The van der Waals surface area contributed by atoms with Crippen molar-refractivity contribution in [3.05, 3.63) is 34.4 Å². The number of carbonyl (C=O) groups excluding carboxylic acids is 1. The van der Waals surface area contributed by atoms with Gasteiger partial charge in [-0.2, -0.15) is 0 Å². The SMILES string of the molecule is CCOC(=O)c1ccc2c(c1C)CCC2. The number of ether oxygens (including phenoxy) is 1. The topological polar surface area (TPSA) is 26.3 Å². The normalized spacial score (nSPS) is 13.7. The maximum Gasteiger partial charge on any atom is 0.338 e. The fourth-order valence-electron chi connectivity index (χ4n) is 2.28. The van der Waals surface area contributed by atoms with Crippen LogP contribution in [0.1, 0.15) is 40.4 Å². The first-order valence-corrected chi connectivity index (χ1v) is 5.52. The van der Waals surface area contributed by atoms with Gasteiger partial charge in [-0.3, -0.25) is 0 Å². The molecule has 1 aliphatic carbocycles. The van der Waals surface area contributed by atoms with Gasteiger partial charge in [-0.15, -0.1) is 0 Å². The summed E-state index contributed by atoms with van der Waals surface area (Å²) in [6.07, 6.45) is 3.47. The zero-order valence-electron chi connectivity index (χ0n) is 9.30. The molecule has 2 heteroatoms. The van der Waals surface area contributed by atoms with Gasteiger partial charge in [0.25, 0.3) is 0 Å². The van der Waals surface area contributed by atoms with Crippen molar-refractivity contribution in [2.45, 2.75) is 33.1 Å². The van der Waals surface area contributed by atoms with E-state index in [4.69, 9.17) is 4.74 Å². The molecule has 2 nitrogen and oxygen atoms in total. The van der Waals surface area contributed by atoms with Crippen molar-refractivity contribution in [3.63, 3.8) is 0 Å². The highest BCUT2D eigenvalue weighted by Gasteiger charge is 2.18. The second-order valence-electron chi connectivity index (χ2n) is 3.95. The average Bonchev–Trinajstić information content (AvgIpc) is 2.67. The van der Waals surface area contributed by atoms with Crippen LogP contribution in [0.5, 0.6) is 0 Å².